The third-order valence-corrected chi connectivity index (χ3v) is 5.39. The summed E-state index contributed by atoms with van der Waals surface area (Å²) in [5.74, 6) is 0.261. The van der Waals surface area contributed by atoms with E-state index in [9.17, 15) is 5.11 Å². The van der Waals surface area contributed by atoms with Crippen molar-refractivity contribution in [2.24, 2.45) is 0 Å². The van der Waals surface area contributed by atoms with E-state index in [0.29, 0.717) is 4.47 Å². The summed E-state index contributed by atoms with van der Waals surface area (Å²) < 4.78 is 2.98. The van der Waals surface area contributed by atoms with Gasteiger partial charge in [-0.15, -0.1) is 0 Å². The molecule has 0 bridgehead atoms. The molecule has 0 unspecified atom stereocenters. The summed E-state index contributed by atoms with van der Waals surface area (Å²) in [5, 5.41) is 12.8. The van der Waals surface area contributed by atoms with Crippen molar-refractivity contribution in [3.05, 3.63) is 54.5 Å². The molecule has 2 aromatic carbocycles. The molecule has 94 valence electrons. The van der Waals surface area contributed by atoms with E-state index in [4.69, 9.17) is 0 Å². The molecule has 0 aliphatic carbocycles. The van der Waals surface area contributed by atoms with E-state index >= 15 is 0 Å². The Morgan fingerprint density at radius 2 is 1.83 bits per heavy atom. The summed E-state index contributed by atoms with van der Waals surface area (Å²) in [6.07, 6.45) is 0. The number of phenols is 1. The van der Waals surface area contributed by atoms with Gasteiger partial charge in [0, 0.05) is 20.3 Å². The van der Waals surface area contributed by atoms with Crippen molar-refractivity contribution in [1.82, 2.24) is 0 Å². The zero-order chi connectivity index (χ0) is 13.1. The Balaban J connectivity index is 2.06. The van der Waals surface area contributed by atoms with Crippen molar-refractivity contribution in [1.29, 1.82) is 0 Å². The highest BCUT2D eigenvalue weighted by atomic mass is 127. The number of phenolic OH excluding ortho intramolecular Hbond substituents is 1. The van der Waals surface area contributed by atoms with Crippen molar-refractivity contribution >= 4 is 60.1 Å². The van der Waals surface area contributed by atoms with Crippen molar-refractivity contribution in [2.75, 3.05) is 5.32 Å². The number of rotatable bonds is 3. The Bertz CT molecular complexity index is 523. The SMILES string of the molecule is Oc1ccc(CNc2ccc(Br)c(I)c2)cc1Br. The molecule has 18 heavy (non-hydrogen) atoms. The maximum absolute atomic E-state index is 9.42. The summed E-state index contributed by atoms with van der Waals surface area (Å²) >= 11 is 9.07. The van der Waals surface area contributed by atoms with E-state index in [1.807, 2.05) is 24.3 Å². The lowest BCUT2D eigenvalue weighted by Crippen LogP contribution is -1.99. The van der Waals surface area contributed by atoms with Gasteiger partial charge in [-0.25, -0.2) is 0 Å². The van der Waals surface area contributed by atoms with Gasteiger partial charge >= 0.3 is 0 Å². The highest BCUT2D eigenvalue weighted by Gasteiger charge is 2.01. The fraction of sp³-hybridized carbons (Fsp3) is 0.0769. The first-order valence-corrected chi connectivity index (χ1v) is 7.89. The number of aromatic hydroxyl groups is 1. The number of hydrogen-bond acceptors (Lipinski definition) is 2. The van der Waals surface area contributed by atoms with E-state index in [1.54, 1.807) is 6.07 Å². The number of benzene rings is 2. The predicted molar refractivity (Wildman–Crippen MR) is 90.0 cm³/mol. The molecular weight excluding hydrogens is 473 g/mol. The van der Waals surface area contributed by atoms with Gasteiger partial charge in [0.25, 0.3) is 0 Å². The van der Waals surface area contributed by atoms with Gasteiger partial charge in [-0.05, 0) is 90.3 Å². The van der Waals surface area contributed by atoms with Crippen LogP contribution in [0.3, 0.4) is 0 Å². The van der Waals surface area contributed by atoms with Gasteiger partial charge in [-0.3, -0.25) is 0 Å². The summed E-state index contributed by atoms with van der Waals surface area (Å²) in [4.78, 5) is 0. The average Bonchev–Trinajstić information content (AvgIpc) is 2.35. The minimum atomic E-state index is 0.261. The highest BCUT2D eigenvalue weighted by molar-refractivity contribution is 14.1. The van der Waals surface area contributed by atoms with Crippen molar-refractivity contribution in [3.8, 4) is 5.75 Å². The minimum Gasteiger partial charge on any atom is -0.507 e. The summed E-state index contributed by atoms with van der Waals surface area (Å²) in [7, 11) is 0. The van der Waals surface area contributed by atoms with Gasteiger partial charge < -0.3 is 10.4 Å². The molecule has 0 spiro atoms. The highest BCUT2D eigenvalue weighted by Crippen LogP contribution is 2.26. The molecule has 0 amide bonds. The molecule has 0 atom stereocenters. The second-order valence-corrected chi connectivity index (χ2v) is 6.64. The summed E-state index contributed by atoms with van der Waals surface area (Å²) in [5.41, 5.74) is 2.18. The predicted octanol–water partition coefficient (Wildman–Crippen LogP) is 5.13. The standard InChI is InChI=1S/C13H10Br2INO/c14-10-3-2-9(6-12(10)16)17-7-8-1-4-13(18)11(15)5-8/h1-6,17-18H,7H2. The third-order valence-electron chi connectivity index (χ3n) is 2.43. The smallest absolute Gasteiger partial charge is 0.129 e. The zero-order valence-corrected chi connectivity index (χ0v) is 14.6. The molecule has 0 aliphatic rings. The molecule has 0 fully saturated rings. The largest absolute Gasteiger partial charge is 0.507 e. The lowest BCUT2D eigenvalue weighted by atomic mass is 10.2. The lowest BCUT2D eigenvalue weighted by Gasteiger charge is -2.08. The molecule has 0 radical (unpaired) electrons. The zero-order valence-electron chi connectivity index (χ0n) is 9.25. The van der Waals surface area contributed by atoms with Crippen LogP contribution in [0.4, 0.5) is 5.69 Å². The molecule has 2 nitrogen and oxygen atoms in total. The van der Waals surface area contributed by atoms with Crippen LogP contribution in [0, 0.1) is 3.57 Å². The van der Waals surface area contributed by atoms with Gasteiger partial charge in [0.05, 0.1) is 4.47 Å². The van der Waals surface area contributed by atoms with Gasteiger partial charge in [0.1, 0.15) is 5.75 Å². The topological polar surface area (TPSA) is 32.3 Å². The molecule has 2 aromatic rings. The van der Waals surface area contributed by atoms with Crippen LogP contribution in [0.25, 0.3) is 0 Å². The lowest BCUT2D eigenvalue weighted by molar-refractivity contribution is 0.471. The fourth-order valence-electron chi connectivity index (χ4n) is 1.47. The molecular formula is C13H10Br2INO. The molecule has 5 heteroatoms. The Hall–Kier alpha value is -0.270. The van der Waals surface area contributed by atoms with Crippen LogP contribution in [-0.4, -0.2) is 5.11 Å². The molecule has 0 saturated carbocycles. The average molecular weight is 483 g/mol. The monoisotopic (exact) mass is 481 g/mol. The summed E-state index contributed by atoms with van der Waals surface area (Å²) in [6.45, 7) is 0.719. The van der Waals surface area contributed by atoms with Crippen LogP contribution in [0.1, 0.15) is 5.56 Å². The van der Waals surface area contributed by atoms with Crippen molar-refractivity contribution in [3.63, 3.8) is 0 Å². The minimum absolute atomic E-state index is 0.261. The molecule has 2 N–H and O–H groups in total. The van der Waals surface area contributed by atoms with Crippen LogP contribution >= 0.6 is 54.5 Å². The number of halogens is 3. The first kappa shape index (κ1) is 14.1. The number of hydrogen-bond donors (Lipinski definition) is 2. The third kappa shape index (κ3) is 3.61. The quantitative estimate of drug-likeness (QED) is 0.594. The van der Waals surface area contributed by atoms with Crippen LogP contribution in [-0.2, 0) is 6.54 Å². The molecule has 0 aromatic heterocycles. The molecule has 2 rings (SSSR count). The van der Waals surface area contributed by atoms with Gasteiger partial charge in [-0.1, -0.05) is 6.07 Å². The van der Waals surface area contributed by atoms with E-state index in [1.165, 1.54) is 3.57 Å². The number of nitrogens with one attached hydrogen (secondary N) is 1. The van der Waals surface area contributed by atoms with Crippen LogP contribution in [0.2, 0.25) is 0 Å². The number of anilines is 1. The second kappa shape index (κ2) is 6.25. The first-order chi connectivity index (χ1) is 8.56. The van der Waals surface area contributed by atoms with Gasteiger partial charge in [-0.2, -0.15) is 0 Å². The Labute approximate surface area is 136 Å². The van der Waals surface area contributed by atoms with Crippen molar-refractivity contribution in [2.45, 2.75) is 6.54 Å². The van der Waals surface area contributed by atoms with E-state index in [2.05, 4.69) is 65.8 Å². The van der Waals surface area contributed by atoms with Crippen LogP contribution in [0.15, 0.2) is 45.3 Å². The Morgan fingerprint density at radius 3 is 2.50 bits per heavy atom. The van der Waals surface area contributed by atoms with Gasteiger partial charge in [0.15, 0.2) is 0 Å². The maximum Gasteiger partial charge on any atom is 0.129 e. The Morgan fingerprint density at radius 1 is 1.06 bits per heavy atom. The van der Waals surface area contributed by atoms with E-state index in [0.717, 1.165) is 22.3 Å². The maximum atomic E-state index is 9.42. The molecule has 0 heterocycles. The summed E-state index contributed by atoms with van der Waals surface area (Å²) in [6, 6.07) is 11.6. The normalized spacial score (nSPS) is 10.4. The van der Waals surface area contributed by atoms with Crippen molar-refractivity contribution < 1.29 is 5.11 Å². The fourth-order valence-corrected chi connectivity index (χ4v) is 2.66. The van der Waals surface area contributed by atoms with Crippen LogP contribution in [0.5, 0.6) is 5.75 Å². The van der Waals surface area contributed by atoms with E-state index in [-0.39, 0.29) is 5.75 Å². The van der Waals surface area contributed by atoms with Crippen LogP contribution < -0.4 is 5.32 Å². The second-order valence-electron chi connectivity index (χ2n) is 3.77. The first-order valence-electron chi connectivity index (χ1n) is 5.22. The molecule has 0 saturated heterocycles. The Kier molecular flexibility index (Phi) is 4.91. The van der Waals surface area contributed by atoms with Gasteiger partial charge in [0.2, 0.25) is 0 Å². The van der Waals surface area contributed by atoms with E-state index < -0.39 is 0 Å². The molecule has 0 aliphatic heterocycles.